The van der Waals surface area contributed by atoms with Crippen molar-refractivity contribution in [3.05, 3.63) is 22.4 Å². The van der Waals surface area contributed by atoms with Crippen molar-refractivity contribution in [2.24, 2.45) is 13.0 Å². The van der Waals surface area contributed by atoms with E-state index in [1.165, 1.54) is 19.3 Å². The maximum Gasteiger partial charge on any atom is 0.268 e. The fourth-order valence-electron chi connectivity index (χ4n) is 3.09. The Morgan fingerprint density at radius 2 is 2.20 bits per heavy atom. The summed E-state index contributed by atoms with van der Waals surface area (Å²) < 4.78 is 2.72. The molecular weight excluding hydrogens is 320 g/mol. The van der Waals surface area contributed by atoms with Crippen LogP contribution in [0.5, 0.6) is 0 Å². The predicted molar refractivity (Wildman–Crippen MR) is 82.6 cm³/mol. The minimum absolute atomic E-state index is 0.0535. The number of amides is 1. The first-order valence-electron chi connectivity index (χ1n) is 7.35. The number of aromatic nitrogens is 1. The molecule has 0 aromatic carbocycles. The number of hydrogen-bond donors (Lipinski definition) is 2. The summed E-state index contributed by atoms with van der Waals surface area (Å²) in [5.41, 5.74) is 0.649. The van der Waals surface area contributed by atoms with Gasteiger partial charge >= 0.3 is 0 Å². The van der Waals surface area contributed by atoms with Crippen molar-refractivity contribution in [1.82, 2.24) is 9.88 Å². The summed E-state index contributed by atoms with van der Waals surface area (Å²) in [6.45, 7) is 0.123. The van der Waals surface area contributed by atoms with E-state index in [-0.39, 0.29) is 18.6 Å². The molecule has 4 nitrogen and oxygen atoms in total. The molecule has 1 amide bonds. The van der Waals surface area contributed by atoms with Crippen LogP contribution in [0.3, 0.4) is 0 Å². The van der Waals surface area contributed by atoms with Crippen LogP contribution >= 0.6 is 15.9 Å². The fourth-order valence-corrected chi connectivity index (χ4v) is 3.62. The highest BCUT2D eigenvalue weighted by Crippen LogP contribution is 2.28. The van der Waals surface area contributed by atoms with Gasteiger partial charge in [0, 0.05) is 30.4 Å². The summed E-state index contributed by atoms with van der Waals surface area (Å²) in [6, 6.07) is 1.91. The molecule has 1 unspecified atom stereocenters. The summed E-state index contributed by atoms with van der Waals surface area (Å²) in [5, 5.41) is 12.4. The van der Waals surface area contributed by atoms with E-state index in [0.717, 1.165) is 17.3 Å². The number of aliphatic hydroxyl groups is 1. The van der Waals surface area contributed by atoms with Crippen LogP contribution in [0.2, 0.25) is 0 Å². The molecule has 0 aliphatic heterocycles. The van der Waals surface area contributed by atoms with Crippen LogP contribution in [0.4, 0.5) is 0 Å². The molecule has 112 valence electrons. The number of nitrogens with zero attached hydrogens (tertiary/aromatic N) is 1. The first kappa shape index (κ1) is 15.6. The molecule has 0 radical (unpaired) electrons. The monoisotopic (exact) mass is 342 g/mol. The lowest BCUT2D eigenvalue weighted by Gasteiger charge is -2.30. The number of halogens is 1. The second-order valence-corrected chi connectivity index (χ2v) is 6.56. The lowest BCUT2D eigenvalue weighted by Crippen LogP contribution is -2.42. The number of nitrogens with one attached hydrogen (secondary N) is 1. The smallest absolute Gasteiger partial charge is 0.268 e. The Kier molecular flexibility index (Phi) is 5.66. The Morgan fingerprint density at radius 1 is 1.50 bits per heavy atom. The average molecular weight is 343 g/mol. The molecule has 1 aliphatic rings. The van der Waals surface area contributed by atoms with Crippen molar-refractivity contribution in [3.63, 3.8) is 0 Å². The second-order valence-electron chi connectivity index (χ2n) is 5.64. The van der Waals surface area contributed by atoms with E-state index >= 15 is 0 Å². The Labute approximate surface area is 128 Å². The summed E-state index contributed by atoms with van der Waals surface area (Å²) >= 11 is 3.38. The second kappa shape index (κ2) is 7.27. The van der Waals surface area contributed by atoms with Gasteiger partial charge in [-0.05, 0) is 47.2 Å². The van der Waals surface area contributed by atoms with E-state index in [2.05, 4.69) is 21.2 Å². The summed E-state index contributed by atoms with van der Waals surface area (Å²) in [6.07, 6.45) is 8.58. The van der Waals surface area contributed by atoms with Crippen molar-refractivity contribution < 1.29 is 9.90 Å². The highest BCUT2D eigenvalue weighted by Gasteiger charge is 2.25. The van der Waals surface area contributed by atoms with E-state index in [9.17, 15) is 9.90 Å². The van der Waals surface area contributed by atoms with Gasteiger partial charge in [-0.2, -0.15) is 0 Å². The van der Waals surface area contributed by atoms with Gasteiger partial charge in [-0.25, -0.2) is 0 Å². The highest BCUT2D eigenvalue weighted by molar-refractivity contribution is 9.10. The van der Waals surface area contributed by atoms with Crippen LogP contribution < -0.4 is 5.32 Å². The number of rotatable bonds is 5. The van der Waals surface area contributed by atoms with Crippen LogP contribution in [0.1, 0.15) is 49.0 Å². The maximum absolute atomic E-state index is 12.4. The van der Waals surface area contributed by atoms with Gasteiger partial charge < -0.3 is 15.0 Å². The fraction of sp³-hybridized carbons (Fsp3) is 0.667. The molecule has 1 atom stereocenters. The molecule has 0 spiro atoms. The highest BCUT2D eigenvalue weighted by atomic mass is 79.9. The summed E-state index contributed by atoms with van der Waals surface area (Å²) in [5.74, 6) is 0.450. The molecular formula is C15H23BrN2O2. The van der Waals surface area contributed by atoms with Crippen molar-refractivity contribution >= 4 is 21.8 Å². The van der Waals surface area contributed by atoms with Gasteiger partial charge in [0.1, 0.15) is 5.69 Å². The minimum atomic E-state index is -0.0535. The Bertz CT molecular complexity index is 453. The zero-order valence-corrected chi connectivity index (χ0v) is 13.5. The Hall–Kier alpha value is -0.810. The van der Waals surface area contributed by atoms with E-state index < -0.39 is 0 Å². The SMILES string of the molecule is Cn1cc(Br)cc1C(=O)NC(CCO)C1CCCCC1. The number of carbonyl (C=O) groups is 1. The lowest BCUT2D eigenvalue weighted by molar-refractivity contribution is 0.0891. The third-order valence-corrected chi connectivity index (χ3v) is 4.61. The van der Waals surface area contributed by atoms with E-state index in [1.54, 1.807) is 0 Å². The summed E-state index contributed by atoms with van der Waals surface area (Å²) in [4.78, 5) is 12.4. The number of carbonyl (C=O) groups excluding carboxylic acids is 1. The molecule has 1 fully saturated rings. The summed E-state index contributed by atoms with van der Waals surface area (Å²) in [7, 11) is 1.86. The topological polar surface area (TPSA) is 54.3 Å². The Morgan fingerprint density at radius 3 is 2.75 bits per heavy atom. The van der Waals surface area contributed by atoms with Gasteiger partial charge in [0.15, 0.2) is 0 Å². The van der Waals surface area contributed by atoms with E-state index in [4.69, 9.17) is 0 Å². The Balaban J connectivity index is 2.03. The lowest BCUT2D eigenvalue weighted by atomic mass is 9.82. The first-order valence-corrected chi connectivity index (χ1v) is 8.14. The van der Waals surface area contributed by atoms with Crippen LogP contribution in [-0.4, -0.2) is 28.2 Å². The molecule has 2 rings (SSSR count). The number of hydrogen-bond acceptors (Lipinski definition) is 2. The van der Waals surface area contributed by atoms with Crippen LogP contribution in [0.15, 0.2) is 16.7 Å². The van der Waals surface area contributed by atoms with Crippen molar-refractivity contribution in [3.8, 4) is 0 Å². The molecule has 1 saturated carbocycles. The molecule has 0 saturated heterocycles. The normalized spacial score (nSPS) is 17.9. The number of aliphatic hydroxyl groups excluding tert-OH is 1. The molecule has 20 heavy (non-hydrogen) atoms. The minimum Gasteiger partial charge on any atom is -0.396 e. The van der Waals surface area contributed by atoms with Crippen LogP contribution in [-0.2, 0) is 7.05 Å². The third-order valence-electron chi connectivity index (χ3n) is 4.18. The molecule has 1 heterocycles. The molecule has 5 heteroatoms. The van der Waals surface area contributed by atoms with Crippen molar-refractivity contribution in [2.75, 3.05) is 6.61 Å². The maximum atomic E-state index is 12.4. The van der Waals surface area contributed by atoms with Gasteiger partial charge in [-0.1, -0.05) is 19.3 Å². The zero-order chi connectivity index (χ0) is 14.5. The molecule has 1 aromatic heterocycles. The average Bonchev–Trinajstić information content (AvgIpc) is 2.78. The van der Waals surface area contributed by atoms with Gasteiger partial charge in [0.25, 0.3) is 5.91 Å². The van der Waals surface area contributed by atoms with Crippen molar-refractivity contribution in [1.29, 1.82) is 0 Å². The van der Waals surface area contributed by atoms with Gasteiger partial charge in [-0.15, -0.1) is 0 Å². The van der Waals surface area contributed by atoms with Crippen LogP contribution in [0, 0.1) is 5.92 Å². The van der Waals surface area contributed by atoms with E-state index in [1.807, 2.05) is 23.9 Å². The standard InChI is InChI=1S/C15H23BrN2O2/c1-18-10-12(16)9-14(18)15(20)17-13(7-8-19)11-5-3-2-4-6-11/h9-11,13,19H,2-8H2,1H3,(H,17,20). The van der Waals surface area contributed by atoms with Gasteiger partial charge in [0.2, 0.25) is 0 Å². The quantitative estimate of drug-likeness (QED) is 0.864. The third kappa shape index (κ3) is 3.85. The molecule has 0 bridgehead atoms. The van der Waals surface area contributed by atoms with Crippen molar-refractivity contribution in [2.45, 2.75) is 44.6 Å². The number of aryl methyl sites for hydroxylation is 1. The van der Waals surface area contributed by atoms with Gasteiger partial charge in [-0.3, -0.25) is 4.79 Å². The molecule has 1 aromatic rings. The van der Waals surface area contributed by atoms with E-state index in [0.29, 0.717) is 18.0 Å². The predicted octanol–water partition coefficient (Wildman–Crippen LogP) is 2.85. The molecule has 1 aliphatic carbocycles. The van der Waals surface area contributed by atoms with Gasteiger partial charge in [0.05, 0.1) is 0 Å². The zero-order valence-electron chi connectivity index (χ0n) is 11.9. The first-order chi connectivity index (χ1) is 9.61. The largest absolute Gasteiger partial charge is 0.396 e. The van der Waals surface area contributed by atoms with Crippen LogP contribution in [0.25, 0.3) is 0 Å². The molecule has 2 N–H and O–H groups in total.